The Bertz CT molecular complexity index is 1400. The monoisotopic (exact) mass is 603 g/mol. The normalized spacial score (nSPS) is 11.1. The van der Waals surface area contributed by atoms with Crippen LogP contribution in [0.2, 0.25) is 0 Å². The molecule has 0 fully saturated rings. The van der Waals surface area contributed by atoms with Crippen molar-refractivity contribution in [2.45, 2.75) is 13.8 Å². The summed E-state index contributed by atoms with van der Waals surface area (Å²) in [5.74, 6) is -0.0625. The second kappa shape index (κ2) is 9.97. The number of carbonyl (C=O) groups excluding carboxylic acids is 1. The maximum atomic E-state index is 10.0. The van der Waals surface area contributed by atoms with Crippen LogP contribution in [0.4, 0.5) is 0 Å². The van der Waals surface area contributed by atoms with Gasteiger partial charge < -0.3 is 5.11 Å². The molecule has 2 aromatic heterocycles. The number of carbonyl (C=O) groups is 1. The molecular formula is C26H20IrNO2S-. The summed E-state index contributed by atoms with van der Waals surface area (Å²) in [5, 5.41) is 15.3. The van der Waals surface area contributed by atoms with Gasteiger partial charge in [-0.15, -0.1) is 41.0 Å². The van der Waals surface area contributed by atoms with E-state index < -0.39 is 0 Å². The topological polar surface area (TPSA) is 50.2 Å². The van der Waals surface area contributed by atoms with Crippen LogP contribution in [-0.2, 0) is 24.9 Å². The Balaban J connectivity index is 0.000000299. The minimum Gasteiger partial charge on any atom is -0.512 e. The van der Waals surface area contributed by atoms with Crippen LogP contribution in [-0.4, -0.2) is 15.9 Å². The van der Waals surface area contributed by atoms with Gasteiger partial charge in [-0.2, -0.15) is 0 Å². The number of para-hydroxylation sites is 1. The Morgan fingerprint density at radius 3 is 2.45 bits per heavy atom. The zero-order valence-corrected chi connectivity index (χ0v) is 20.3. The van der Waals surface area contributed by atoms with Gasteiger partial charge in [-0.1, -0.05) is 47.3 Å². The molecule has 5 heteroatoms. The van der Waals surface area contributed by atoms with Crippen LogP contribution in [0, 0.1) is 6.07 Å². The number of allylic oxidation sites excluding steroid dienone is 2. The predicted molar refractivity (Wildman–Crippen MR) is 126 cm³/mol. The van der Waals surface area contributed by atoms with Crippen LogP contribution in [0.5, 0.6) is 0 Å². The SMILES string of the molecule is CC(=O)/C=C(/C)O.[Ir].[c-]1c(-c2nc3ccccc3c3sccc23)ccc2ccccc12. The van der Waals surface area contributed by atoms with E-state index in [1.165, 1.54) is 40.8 Å². The average molecular weight is 603 g/mol. The van der Waals surface area contributed by atoms with E-state index in [-0.39, 0.29) is 31.6 Å². The summed E-state index contributed by atoms with van der Waals surface area (Å²) in [7, 11) is 0. The third-order valence-corrected chi connectivity index (χ3v) is 5.58. The minimum absolute atomic E-state index is 0. The fourth-order valence-corrected chi connectivity index (χ4v) is 4.33. The van der Waals surface area contributed by atoms with Gasteiger partial charge in [0, 0.05) is 42.0 Å². The largest absolute Gasteiger partial charge is 0.512 e. The van der Waals surface area contributed by atoms with E-state index in [0.717, 1.165) is 22.2 Å². The van der Waals surface area contributed by atoms with E-state index in [9.17, 15) is 4.79 Å². The smallest absolute Gasteiger partial charge is 0.155 e. The number of aliphatic hydroxyl groups excluding tert-OH is 1. The molecule has 0 saturated carbocycles. The number of pyridine rings is 1. The van der Waals surface area contributed by atoms with Crippen LogP contribution >= 0.6 is 11.3 Å². The summed E-state index contributed by atoms with van der Waals surface area (Å²) >= 11 is 1.78. The van der Waals surface area contributed by atoms with Crippen molar-refractivity contribution in [1.82, 2.24) is 4.98 Å². The molecule has 157 valence electrons. The maximum Gasteiger partial charge on any atom is 0.155 e. The molecule has 31 heavy (non-hydrogen) atoms. The van der Waals surface area contributed by atoms with Crippen LogP contribution < -0.4 is 0 Å². The quantitative estimate of drug-likeness (QED) is 0.133. The van der Waals surface area contributed by atoms with Gasteiger partial charge >= 0.3 is 0 Å². The van der Waals surface area contributed by atoms with Gasteiger partial charge in [0.05, 0.1) is 11.3 Å². The second-order valence-electron chi connectivity index (χ2n) is 7.00. The molecule has 0 aliphatic carbocycles. The van der Waals surface area contributed by atoms with E-state index in [2.05, 4.69) is 72.1 Å². The van der Waals surface area contributed by atoms with Gasteiger partial charge in [-0.3, -0.25) is 9.78 Å². The Labute approximate surface area is 198 Å². The molecule has 0 unspecified atom stereocenters. The number of aromatic nitrogens is 1. The summed E-state index contributed by atoms with van der Waals surface area (Å²) in [4.78, 5) is 14.9. The number of hydrogen-bond acceptors (Lipinski definition) is 4. The van der Waals surface area contributed by atoms with Crippen molar-refractivity contribution in [2.75, 3.05) is 0 Å². The fraction of sp³-hybridized carbons (Fsp3) is 0.0769. The molecule has 0 aliphatic rings. The van der Waals surface area contributed by atoms with Gasteiger partial charge in [-0.25, -0.2) is 0 Å². The van der Waals surface area contributed by atoms with Crippen LogP contribution in [0.25, 0.3) is 43.0 Å². The van der Waals surface area contributed by atoms with E-state index >= 15 is 0 Å². The number of aliphatic hydroxyl groups is 1. The molecular weight excluding hydrogens is 583 g/mol. The van der Waals surface area contributed by atoms with E-state index in [1.807, 2.05) is 6.07 Å². The fourth-order valence-electron chi connectivity index (χ4n) is 3.40. The van der Waals surface area contributed by atoms with Crippen molar-refractivity contribution in [3.8, 4) is 11.3 Å². The summed E-state index contributed by atoms with van der Waals surface area (Å²) in [6.07, 6.45) is 1.17. The molecule has 5 rings (SSSR count). The number of fused-ring (bicyclic) bond motifs is 4. The number of nitrogens with zero attached hydrogens (tertiary/aromatic N) is 1. The Morgan fingerprint density at radius 1 is 0.968 bits per heavy atom. The van der Waals surface area contributed by atoms with Crippen molar-refractivity contribution >= 4 is 48.9 Å². The maximum absolute atomic E-state index is 10.0. The van der Waals surface area contributed by atoms with Crippen molar-refractivity contribution in [3.63, 3.8) is 0 Å². The molecule has 5 aromatic rings. The van der Waals surface area contributed by atoms with Gasteiger partial charge in [0.25, 0.3) is 0 Å². The molecule has 3 aromatic carbocycles. The van der Waals surface area contributed by atoms with Gasteiger partial charge in [-0.05, 0) is 36.7 Å². The Kier molecular flexibility index (Phi) is 7.34. The molecule has 0 saturated heterocycles. The van der Waals surface area contributed by atoms with Crippen molar-refractivity contribution in [2.24, 2.45) is 0 Å². The van der Waals surface area contributed by atoms with Crippen LogP contribution in [0.15, 0.2) is 83.9 Å². The zero-order chi connectivity index (χ0) is 21.1. The summed E-state index contributed by atoms with van der Waals surface area (Å²) in [6.45, 7) is 2.85. The molecule has 0 aliphatic heterocycles. The summed E-state index contributed by atoms with van der Waals surface area (Å²) < 4.78 is 1.30. The number of rotatable bonds is 2. The molecule has 1 radical (unpaired) electrons. The average Bonchev–Trinajstić information content (AvgIpc) is 3.22. The third-order valence-electron chi connectivity index (χ3n) is 4.63. The molecule has 2 heterocycles. The number of thiophene rings is 1. The predicted octanol–water partition coefficient (Wildman–Crippen LogP) is 7.10. The van der Waals surface area contributed by atoms with E-state index in [1.54, 1.807) is 11.3 Å². The van der Waals surface area contributed by atoms with Crippen molar-refractivity contribution < 1.29 is 30.0 Å². The summed E-state index contributed by atoms with van der Waals surface area (Å²) in [5.41, 5.74) is 3.11. The first-order chi connectivity index (χ1) is 14.5. The van der Waals surface area contributed by atoms with Gasteiger partial charge in [0.1, 0.15) is 0 Å². The van der Waals surface area contributed by atoms with E-state index in [0.29, 0.717) is 0 Å². The number of ketones is 1. The molecule has 0 amide bonds. The first-order valence-corrected chi connectivity index (χ1v) is 10.5. The molecule has 0 spiro atoms. The first kappa shape index (κ1) is 22.8. The van der Waals surface area contributed by atoms with Crippen molar-refractivity contribution in [1.29, 1.82) is 0 Å². The Hall–Kier alpha value is -2.85. The molecule has 0 bridgehead atoms. The van der Waals surface area contributed by atoms with Crippen LogP contribution in [0.3, 0.4) is 0 Å². The first-order valence-electron chi connectivity index (χ1n) is 9.58. The van der Waals surface area contributed by atoms with Gasteiger partial charge in [0.15, 0.2) is 5.78 Å². The molecule has 0 atom stereocenters. The zero-order valence-electron chi connectivity index (χ0n) is 17.0. The van der Waals surface area contributed by atoms with Crippen molar-refractivity contribution in [3.05, 3.63) is 90.0 Å². The number of benzene rings is 3. The third kappa shape index (κ3) is 5.08. The Morgan fingerprint density at radius 2 is 1.71 bits per heavy atom. The molecule has 3 nitrogen and oxygen atoms in total. The van der Waals surface area contributed by atoms with Crippen LogP contribution in [0.1, 0.15) is 13.8 Å². The molecule has 1 N–H and O–H groups in total. The van der Waals surface area contributed by atoms with E-state index in [4.69, 9.17) is 10.1 Å². The summed E-state index contributed by atoms with van der Waals surface area (Å²) in [6, 6.07) is 26.6. The second-order valence-corrected chi connectivity index (χ2v) is 7.91. The minimum atomic E-state index is -0.125. The van der Waals surface area contributed by atoms with Gasteiger partial charge in [0.2, 0.25) is 0 Å². The standard InChI is InChI=1S/C21H12NS.C5H8O2.Ir/c1-2-6-15-13-16(10-9-14(15)5-1)20-18-11-12-23-21(18)17-7-3-4-8-19(17)22-20;1-4(6)3-5(2)7;/h1-12H;3,6H,1-2H3;/q-1;;/b;4-3-;. The number of hydrogen-bond donors (Lipinski definition) is 1.